The van der Waals surface area contributed by atoms with E-state index in [2.05, 4.69) is 0 Å². The van der Waals surface area contributed by atoms with Crippen LogP contribution in [0.2, 0.25) is 0 Å². The average Bonchev–Trinajstić information content (AvgIpc) is 2.25. The van der Waals surface area contributed by atoms with E-state index in [9.17, 15) is 8.78 Å². The topological polar surface area (TPSA) is 27.0 Å². The van der Waals surface area contributed by atoms with Crippen LogP contribution in [0.4, 0.5) is 14.5 Å². The molecule has 0 fully saturated rings. The Kier molecular flexibility index (Phi) is 4.45. The zero-order chi connectivity index (χ0) is 13.0. The minimum absolute atomic E-state index is 0.00403. The lowest BCUT2D eigenvalue weighted by Crippen LogP contribution is -2.29. The van der Waals surface area contributed by atoms with Gasteiger partial charge in [0.15, 0.2) is 11.6 Å². The van der Waals surface area contributed by atoms with Gasteiger partial charge in [0.1, 0.15) is 5.69 Å². The van der Waals surface area contributed by atoms with Crippen LogP contribution in [0.15, 0.2) is 12.1 Å². The number of rotatable bonds is 4. The zero-order valence-electron chi connectivity index (χ0n) is 10.3. The molecule has 1 rings (SSSR count). The summed E-state index contributed by atoms with van der Waals surface area (Å²) >= 11 is 0. The van der Waals surface area contributed by atoms with E-state index in [0.717, 1.165) is 12.1 Å². The second-order valence-corrected chi connectivity index (χ2v) is 4.33. The molecule has 0 aliphatic heterocycles. The van der Waals surface area contributed by atoms with Gasteiger partial charge in [0.25, 0.3) is 0 Å². The highest BCUT2D eigenvalue weighted by Gasteiger charge is 2.17. The number of nitriles is 1. The monoisotopic (exact) mass is 238 g/mol. The molecule has 0 saturated heterocycles. The van der Waals surface area contributed by atoms with Gasteiger partial charge in [-0.3, -0.25) is 0 Å². The van der Waals surface area contributed by atoms with Gasteiger partial charge in [0, 0.05) is 13.1 Å². The van der Waals surface area contributed by atoms with Crippen LogP contribution in [0.25, 0.3) is 0 Å². The Hall–Kier alpha value is -1.63. The largest absolute Gasteiger partial charge is 0.367 e. The van der Waals surface area contributed by atoms with Crippen molar-refractivity contribution in [3.63, 3.8) is 0 Å². The zero-order valence-corrected chi connectivity index (χ0v) is 10.3. The van der Waals surface area contributed by atoms with Crippen molar-refractivity contribution in [2.45, 2.75) is 20.8 Å². The molecule has 92 valence electrons. The lowest BCUT2D eigenvalue weighted by Gasteiger charge is -2.26. The maximum atomic E-state index is 13.8. The molecule has 0 amide bonds. The molecule has 0 bridgehead atoms. The van der Waals surface area contributed by atoms with Gasteiger partial charge in [0.05, 0.1) is 11.6 Å². The van der Waals surface area contributed by atoms with E-state index in [1.807, 2.05) is 20.8 Å². The van der Waals surface area contributed by atoms with Crippen molar-refractivity contribution in [3.8, 4) is 6.07 Å². The summed E-state index contributed by atoms with van der Waals surface area (Å²) in [6.45, 7) is 6.93. The predicted octanol–water partition coefficient (Wildman–Crippen LogP) is 3.32. The van der Waals surface area contributed by atoms with Crippen molar-refractivity contribution in [2.24, 2.45) is 5.92 Å². The molecule has 0 spiro atoms. The molecule has 4 heteroatoms. The highest BCUT2D eigenvalue weighted by molar-refractivity contribution is 5.52. The molecule has 0 aliphatic carbocycles. The Morgan fingerprint density at radius 1 is 1.29 bits per heavy atom. The molecule has 2 nitrogen and oxygen atoms in total. The Labute approximate surface area is 100 Å². The van der Waals surface area contributed by atoms with Crippen LogP contribution >= 0.6 is 0 Å². The first-order valence-corrected chi connectivity index (χ1v) is 5.63. The molecule has 1 aromatic rings. The molecule has 0 saturated carbocycles. The van der Waals surface area contributed by atoms with Crippen molar-refractivity contribution in [1.82, 2.24) is 0 Å². The van der Waals surface area contributed by atoms with Crippen LogP contribution < -0.4 is 4.90 Å². The summed E-state index contributed by atoms with van der Waals surface area (Å²) < 4.78 is 27.5. The summed E-state index contributed by atoms with van der Waals surface area (Å²) in [6, 6.07) is 3.88. The maximum Gasteiger partial charge on any atom is 0.150 e. The molecule has 0 aliphatic rings. The number of anilines is 1. The van der Waals surface area contributed by atoms with E-state index in [1.54, 1.807) is 11.0 Å². The molecule has 0 N–H and O–H groups in total. The van der Waals surface area contributed by atoms with Crippen LogP contribution in [-0.4, -0.2) is 13.1 Å². The SMILES string of the molecule is CCN(CC(C)C)c1c(F)cc(C#N)cc1F. The van der Waals surface area contributed by atoms with Crippen LogP contribution in [0.1, 0.15) is 26.3 Å². The van der Waals surface area contributed by atoms with E-state index in [1.165, 1.54) is 0 Å². The summed E-state index contributed by atoms with van der Waals surface area (Å²) in [5.41, 5.74) is -0.0375. The Morgan fingerprint density at radius 2 is 1.82 bits per heavy atom. The quantitative estimate of drug-likeness (QED) is 0.804. The van der Waals surface area contributed by atoms with Crippen LogP contribution in [-0.2, 0) is 0 Å². The van der Waals surface area contributed by atoms with Crippen LogP contribution in [0.3, 0.4) is 0 Å². The van der Waals surface area contributed by atoms with Crippen LogP contribution in [0.5, 0.6) is 0 Å². The highest BCUT2D eigenvalue weighted by Crippen LogP contribution is 2.25. The van der Waals surface area contributed by atoms with Crippen molar-refractivity contribution < 1.29 is 8.78 Å². The first-order chi connectivity index (χ1) is 7.99. The fourth-order valence-corrected chi connectivity index (χ4v) is 1.75. The standard InChI is InChI=1S/C13H16F2N2/c1-4-17(8-9(2)3)13-11(14)5-10(7-16)6-12(13)15/h5-6,9H,4,8H2,1-3H3. The van der Waals surface area contributed by atoms with Gasteiger partial charge >= 0.3 is 0 Å². The number of nitrogens with zero attached hydrogens (tertiary/aromatic N) is 2. The third kappa shape index (κ3) is 3.16. The predicted molar refractivity (Wildman–Crippen MR) is 63.8 cm³/mol. The smallest absolute Gasteiger partial charge is 0.150 e. The molecule has 0 aromatic heterocycles. The van der Waals surface area contributed by atoms with Gasteiger partial charge in [0.2, 0.25) is 0 Å². The molecule has 0 radical (unpaired) electrons. The van der Waals surface area contributed by atoms with Gasteiger partial charge in [-0.1, -0.05) is 13.8 Å². The molecule has 1 aromatic carbocycles. The molecule has 17 heavy (non-hydrogen) atoms. The minimum Gasteiger partial charge on any atom is -0.367 e. The normalized spacial score (nSPS) is 10.4. The summed E-state index contributed by atoms with van der Waals surface area (Å²) in [6.07, 6.45) is 0. The minimum atomic E-state index is -0.677. The van der Waals surface area contributed by atoms with Crippen molar-refractivity contribution in [1.29, 1.82) is 5.26 Å². The molecular formula is C13H16F2N2. The van der Waals surface area contributed by atoms with Crippen molar-refractivity contribution >= 4 is 5.69 Å². The third-order valence-corrected chi connectivity index (χ3v) is 2.43. The Balaban J connectivity index is 3.16. The van der Waals surface area contributed by atoms with Crippen LogP contribution in [0, 0.1) is 28.9 Å². The lowest BCUT2D eigenvalue weighted by molar-refractivity contribution is 0.551. The van der Waals surface area contributed by atoms with Gasteiger partial charge in [-0.25, -0.2) is 8.78 Å². The summed E-state index contributed by atoms with van der Waals surface area (Å²) in [5, 5.41) is 8.62. The maximum absolute atomic E-state index is 13.8. The molecule has 0 atom stereocenters. The summed E-state index contributed by atoms with van der Waals surface area (Å²) in [7, 11) is 0. The van der Waals surface area contributed by atoms with E-state index in [4.69, 9.17) is 5.26 Å². The first-order valence-electron chi connectivity index (χ1n) is 5.63. The first kappa shape index (κ1) is 13.4. The average molecular weight is 238 g/mol. The summed E-state index contributed by atoms with van der Waals surface area (Å²) in [4.78, 5) is 1.65. The second kappa shape index (κ2) is 5.62. The van der Waals surface area contributed by atoms with Gasteiger partial charge in [-0.15, -0.1) is 0 Å². The number of hydrogen-bond donors (Lipinski definition) is 0. The number of hydrogen-bond acceptors (Lipinski definition) is 2. The van der Waals surface area contributed by atoms with Gasteiger partial charge < -0.3 is 4.90 Å². The summed E-state index contributed by atoms with van der Waals surface area (Å²) in [5.74, 6) is -1.04. The van der Waals surface area contributed by atoms with E-state index in [0.29, 0.717) is 19.0 Å². The molecule has 0 heterocycles. The fraction of sp³-hybridized carbons (Fsp3) is 0.462. The van der Waals surface area contributed by atoms with Gasteiger partial charge in [-0.05, 0) is 25.0 Å². The van der Waals surface area contributed by atoms with Gasteiger partial charge in [-0.2, -0.15) is 5.26 Å². The Bertz CT molecular complexity index is 413. The number of benzene rings is 1. The third-order valence-electron chi connectivity index (χ3n) is 2.43. The lowest BCUT2D eigenvalue weighted by atomic mass is 10.1. The van der Waals surface area contributed by atoms with E-state index < -0.39 is 11.6 Å². The van der Waals surface area contributed by atoms with E-state index >= 15 is 0 Å². The number of halogens is 2. The Morgan fingerprint density at radius 3 is 2.18 bits per heavy atom. The molecular weight excluding hydrogens is 222 g/mol. The molecule has 0 unspecified atom stereocenters. The van der Waals surface area contributed by atoms with Crippen molar-refractivity contribution in [3.05, 3.63) is 29.3 Å². The van der Waals surface area contributed by atoms with E-state index in [-0.39, 0.29) is 11.3 Å². The fourth-order valence-electron chi connectivity index (χ4n) is 1.75. The van der Waals surface area contributed by atoms with Crippen molar-refractivity contribution in [2.75, 3.05) is 18.0 Å². The second-order valence-electron chi connectivity index (χ2n) is 4.33. The highest BCUT2D eigenvalue weighted by atomic mass is 19.1.